The predicted octanol–water partition coefficient (Wildman–Crippen LogP) is 0.564. The van der Waals surface area contributed by atoms with Gasteiger partial charge in [-0.15, -0.1) is 0 Å². The Morgan fingerprint density at radius 3 is 2.29 bits per heavy atom. The molecule has 0 saturated heterocycles. The number of hydrogen-bond donors (Lipinski definition) is 3. The highest BCUT2D eigenvalue weighted by Crippen LogP contribution is 2.29. The summed E-state index contributed by atoms with van der Waals surface area (Å²) in [6.45, 7) is 0. The van der Waals surface area contributed by atoms with E-state index in [2.05, 4.69) is 24.8 Å². The molecule has 9 heteroatoms. The van der Waals surface area contributed by atoms with Crippen molar-refractivity contribution in [3.63, 3.8) is 0 Å². The molecule has 0 saturated carbocycles. The number of aromatic nitrogens is 2. The molecule has 2 aromatic rings. The highest BCUT2D eigenvalue weighted by Gasteiger charge is 2.16. The van der Waals surface area contributed by atoms with Crippen molar-refractivity contribution < 1.29 is 19.1 Å². The van der Waals surface area contributed by atoms with Crippen molar-refractivity contribution in [1.82, 2.24) is 9.97 Å². The normalized spacial score (nSPS) is 11.2. The summed E-state index contributed by atoms with van der Waals surface area (Å²) in [5, 5.41) is 2.85. The zero-order valence-corrected chi connectivity index (χ0v) is 13.7. The van der Waals surface area contributed by atoms with Crippen LogP contribution < -0.4 is 15.9 Å². The molecule has 9 nitrogen and oxygen atoms in total. The zero-order chi connectivity index (χ0) is 17.9. The number of methoxy groups -OCH3 is 2. The van der Waals surface area contributed by atoms with E-state index in [0.717, 1.165) is 6.08 Å². The van der Waals surface area contributed by atoms with Gasteiger partial charge in [0.1, 0.15) is 5.70 Å². The number of carbonyl (C=O) groups is 2. The molecule has 0 amide bonds. The summed E-state index contributed by atoms with van der Waals surface area (Å²) in [4.78, 5) is 41.9. The lowest BCUT2D eigenvalue weighted by Gasteiger charge is -2.19. The van der Waals surface area contributed by atoms with Gasteiger partial charge in [-0.25, -0.2) is 14.4 Å². The third-order valence-electron chi connectivity index (χ3n) is 3.25. The average Bonchev–Trinajstić information content (AvgIpc) is 2.91. The SMILES string of the molecule is COC(=O)/C=C(/Nc1cc2[nH]c(=O)[nH]c2cc1N(C)C)C(=O)OC. The van der Waals surface area contributed by atoms with Gasteiger partial charge in [-0.05, 0) is 12.1 Å². The van der Waals surface area contributed by atoms with Crippen molar-refractivity contribution in [3.05, 3.63) is 34.4 Å². The molecule has 0 unspecified atom stereocenters. The summed E-state index contributed by atoms with van der Waals surface area (Å²) in [5.41, 5.74) is 1.93. The molecule has 1 aromatic heterocycles. The Bertz CT molecular complexity index is 862. The molecule has 0 atom stereocenters. The maximum absolute atomic E-state index is 11.9. The summed E-state index contributed by atoms with van der Waals surface area (Å²) >= 11 is 0. The van der Waals surface area contributed by atoms with E-state index in [-0.39, 0.29) is 11.4 Å². The van der Waals surface area contributed by atoms with E-state index in [4.69, 9.17) is 0 Å². The molecular weight excluding hydrogens is 316 g/mol. The van der Waals surface area contributed by atoms with Crippen LogP contribution in [0.3, 0.4) is 0 Å². The van der Waals surface area contributed by atoms with Gasteiger partial charge in [-0.1, -0.05) is 0 Å². The van der Waals surface area contributed by atoms with Crippen LogP contribution in [0.2, 0.25) is 0 Å². The maximum atomic E-state index is 11.9. The summed E-state index contributed by atoms with van der Waals surface area (Å²) in [5.74, 6) is -1.43. The zero-order valence-electron chi connectivity index (χ0n) is 13.7. The number of esters is 2. The van der Waals surface area contributed by atoms with Gasteiger partial charge in [-0.3, -0.25) is 0 Å². The summed E-state index contributed by atoms with van der Waals surface area (Å²) < 4.78 is 9.21. The second kappa shape index (κ2) is 6.90. The van der Waals surface area contributed by atoms with Crippen molar-refractivity contribution in [2.24, 2.45) is 0 Å². The number of fused-ring (bicyclic) bond motifs is 1. The lowest BCUT2D eigenvalue weighted by Crippen LogP contribution is -2.18. The van der Waals surface area contributed by atoms with Crippen LogP contribution in [0.5, 0.6) is 0 Å². The van der Waals surface area contributed by atoms with Gasteiger partial charge in [0, 0.05) is 14.1 Å². The Morgan fingerprint density at radius 1 is 1.12 bits per heavy atom. The van der Waals surface area contributed by atoms with Crippen LogP contribution in [0.25, 0.3) is 11.0 Å². The third-order valence-corrected chi connectivity index (χ3v) is 3.25. The van der Waals surface area contributed by atoms with Crippen molar-refractivity contribution in [3.8, 4) is 0 Å². The first-order chi connectivity index (χ1) is 11.3. The minimum atomic E-state index is -0.729. The Hall–Kier alpha value is -3.23. The lowest BCUT2D eigenvalue weighted by atomic mass is 10.2. The van der Waals surface area contributed by atoms with E-state index >= 15 is 0 Å². The number of rotatable bonds is 5. The second-order valence-corrected chi connectivity index (χ2v) is 5.09. The van der Waals surface area contributed by atoms with Gasteiger partial charge in [0.25, 0.3) is 0 Å². The topological polar surface area (TPSA) is 117 Å². The predicted molar refractivity (Wildman–Crippen MR) is 89.0 cm³/mol. The van der Waals surface area contributed by atoms with E-state index in [0.29, 0.717) is 22.4 Å². The van der Waals surface area contributed by atoms with Crippen LogP contribution in [0.1, 0.15) is 0 Å². The lowest BCUT2D eigenvalue weighted by molar-refractivity contribution is -0.138. The van der Waals surface area contributed by atoms with E-state index in [1.165, 1.54) is 14.2 Å². The Morgan fingerprint density at radius 2 is 1.75 bits per heavy atom. The highest BCUT2D eigenvalue weighted by molar-refractivity contribution is 6.00. The van der Waals surface area contributed by atoms with Gasteiger partial charge < -0.3 is 29.7 Å². The Balaban J connectivity index is 2.53. The Kier molecular flexibility index (Phi) is 4.93. The average molecular weight is 334 g/mol. The van der Waals surface area contributed by atoms with Crippen LogP contribution in [-0.2, 0) is 19.1 Å². The second-order valence-electron chi connectivity index (χ2n) is 5.09. The third kappa shape index (κ3) is 3.57. The van der Waals surface area contributed by atoms with Crippen molar-refractivity contribution in [2.45, 2.75) is 0 Å². The van der Waals surface area contributed by atoms with Gasteiger partial charge in [0.05, 0.1) is 42.7 Å². The number of hydrogen-bond acceptors (Lipinski definition) is 7. The highest BCUT2D eigenvalue weighted by atomic mass is 16.5. The number of aromatic amines is 2. The van der Waals surface area contributed by atoms with E-state index in [1.54, 1.807) is 31.1 Å². The molecule has 0 bridgehead atoms. The summed E-state index contributed by atoms with van der Waals surface area (Å²) in [6, 6.07) is 3.39. The van der Waals surface area contributed by atoms with Gasteiger partial charge in [0.2, 0.25) is 0 Å². The number of nitrogens with zero attached hydrogens (tertiary/aromatic N) is 1. The number of carbonyl (C=O) groups excluding carboxylic acids is 2. The van der Waals surface area contributed by atoms with Crippen LogP contribution in [0.4, 0.5) is 11.4 Å². The first-order valence-electron chi connectivity index (χ1n) is 6.94. The number of benzene rings is 1. The van der Waals surface area contributed by atoms with E-state index in [1.807, 2.05) is 0 Å². The fraction of sp³-hybridized carbons (Fsp3) is 0.267. The van der Waals surface area contributed by atoms with Crippen molar-refractivity contribution >= 4 is 34.3 Å². The molecule has 0 fully saturated rings. The van der Waals surface area contributed by atoms with Crippen LogP contribution >= 0.6 is 0 Å². The largest absolute Gasteiger partial charge is 0.466 e. The first kappa shape index (κ1) is 17.1. The van der Waals surface area contributed by atoms with E-state index < -0.39 is 11.9 Å². The van der Waals surface area contributed by atoms with E-state index in [9.17, 15) is 14.4 Å². The maximum Gasteiger partial charge on any atom is 0.354 e. The van der Waals surface area contributed by atoms with Crippen LogP contribution in [0, 0.1) is 0 Å². The molecule has 0 aliphatic carbocycles. The van der Waals surface area contributed by atoms with Crippen LogP contribution in [0.15, 0.2) is 28.7 Å². The minimum absolute atomic E-state index is 0.0929. The fourth-order valence-electron chi connectivity index (χ4n) is 2.12. The Labute approximate surface area is 137 Å². The minimum Gasteiger partial charge on any atom is -0.466 e. The smallest absolute Gasteiger partial charge is 0.354 e. The number of ether oxygens (including phenoxy) is 2. The monoisotopic (exact) mass is 334 g/mol. The van der Waals surface area contributed by atoms with Gasteiger partial charge >= 0.3 is 17.6 Å². The molecule has 3 N–H and O–H groups in total. The molecular formula is C15H18N4O5. The molecule has 0 spiro atoms. The molecule has 1 aromatic carbocycles. The molecule has 0 aliphatic rings. The number of nitrogens with one attached hydrogen (secondary N) is 3. The van der Waals surface area contributed by atoms with Crippen molar-refractivity contribution in [1.29, 1.82) is 0 Å². The number of H-pyrrole nitrogens is 2. The quantitative estimate of drug-likeness (QED) is 0.540. The fourth-order valence-corrected chi connectivity index (χ4v) is 2.12. The molecule has 128 valence electrons. The first-order valence-corrected chi connectivity index (χ1v) is 6.94. The number of anilines is 2. The molecule has 0 radical (unpaired) electrons. The summed E-state index contributed by atoms with van der Waals surface area (Å²) in [7, 11) is 6.02. The molecule has 24 heavy (non-hydrogen) atoms. The standard InChI is InChI=1S/C15H18N4O5/c1-19(2)12-6-9-8(17-15(22)18-9)5-10(12)16-11(14(21)24-4)7-13(20)23-3/h5-7,16H,1-4H3,(H2,17,18,22)/b11-7+. The molecule has 1 heterocycles. The van der Waals surface area contributed by atoms with Gasteiger partial charge in [-0.2, -0.15) is 0 Å². The van der Waals surface area contributed by atoms with Gasteiger partial charge in [0.15, 0.2) is 0 Å². The summed E-state index contributed by atoms with van der Waals surface area (Å²) in [6.07, 6.45) is 0.995. The van der Waals surface area contributed by atoms with Crippen LogP contribution in [-0.4, -0.2) is 50.2 Å². The number of imidazole rings is 1. The molecule has 2 rings (SSSR count). The molecule has 0 aliphatic heterocycles. The van der Waals surface area contributed by atoms with Crippen molar-refractivity contribution in [2.75, 3.05) is 38.5 Å².